The normalized spacial score (nSPS) is 18.0. The largest absolute Gasteiger partial charge is 0.316 e. The Hall–Kier alpha value is -1.01. The molecular weight excluding hydrogens is 434 g/mol. The number of halogens is 1. The maximum Gasteiger partial charge on any atom is 0.178 e. The van der Waals surface area contributed by atoms with Crippen molar-refractivity contribution < 1.29 is 8.42 Å². The van der Waals surface area contributed by atoms with Gasteiger partial charge in [0.15, 0.2) is 9.84 Å². The van der Waals surface area contributed by atoms with Gasteiger partial charge in [-0.05, 0) is 79.6 Å². The van der Waals surface area contributed by atoms with Crippen molar-refractivity contribution >= 4 is 33.2 Å². The summed E-state index contributed by atoms with van der Waals surface area (Å²) in [5, 5.41) is 4.27. The molecule has 1 saturated carbocycles. The highest BCUT2D eigenvalue weighted by molar-refractivity contribution is 7.98. The van der Waals surface area contributed by atoms with Crippen molar-refractivity contribution in [3.63, 3.8) is 0 Å². The second kappa shape index (κ2) is 10.1. The van der Waals surface area contributed by atoms with Crippen LogP contribution in [0.4, 0.5) is 0 Å². The Morgan fingerprint density at radius 3 is 2.47 bits per heavy atom. The first-order valence-corrected chi connectivity index (χ1v) is 14.0. The van der Waals surface area contributed by atoms with Crippen molar-refractivity contribution in [2.45, 2.75) is 60.5 Å². The summed E-state index contributed by atoms with van der Waals surface area (Å²) in [6, 6.07) is 11.6. The first kappa shape index (κ1) is 22.2. The molecule has 1 aliphatic heterocycles. The van der Waals surface area contributed by atoms with E-state index in [1.165, 1.54) is 22.4 Å². The smallest absolute Gasteiger partial charge is 0.178 e. The van der Waals surface area contributed by atoms with Crippen molar-refractivity contribution in [2.24, 2.45) is 5.92 Å². The predicted octanol–water partition coefficient (Wildman–Crippen LogP) is 5.67. The molecule has 0 unspecified atom stereocenters. The molecule has 0 aromatic heterocycles. The number of hydrogen-bond acceptors (Lipinski definition) is 4. The van der Waals surface area contributed by atoms with Crippen LogP contribution in [0, 0.1) is 5.92 Å². The quantitative estimate of drug-likeness (QED) is 0.560. The fourth-order valence-electron chi connectivity index (χ4n) is 4.57. The highest BCUT2D eigenvalue weighted by Gasteiger charge is 2.23. The minimum Gasteiger partial charge on any atom is -0.316 e. The molecule has 2 aromatic rings. The molecule has 1 aliphatic carbocycles. The van der Waals surface area contributed by atoms with Crippen LogP contribution in [0.25, 0.3) is 0 Å². The number of benzene rings is 2. The lowest BCUT2D eigenvalue weighted by Crippen LogP contribution is -2.18. The summed E-state index contributed by atoms with van der Waals surface area (Å²) in [4.78, 5) is 1.63. The van der Waals surface area contributed by atoms with Gasteiger partial charge in [0.1, 0.15) is 0 Å². The number of sulfone groups is 1. The third-order valence-electron chi connectivity index (χ3n) is 6.28. The van der Waals surface area contributed by atoms with Gasteiger partial charge in [-0.1, -0.05) is 49.1 Å². The van der Waals surface area contributed by atoms with Crippen LogP contribution in [0.5, 0.6) is 0 Å². The molecule has 2 aromatic carbocycles. The topological polar surface area (TPSA) is 46.2 Å². The number of thioether (sulfide) groups is 1. The molecular formula is C24H30ClNO2S2. The van der Waals surface area contributed by atoms with E-state index in [1.54, 1.807) is 23.9 Å². The second-order valence-electron chi connectivity index (χ2n) is 8.48. The van der Waals surface area contributed by atoms with Crippen molar-refractivity contribution in [3.05, 3.63) is 58.1 Å². The van der Waals surface area contributed by atoms with E-state index in [4.69, 9.17) is 11.6 Å². The lowest BCUT2D eigenvalue weighted by Gasteiger charge is -2.21. The van der Waals surface area contributed by atoms with Gasteiger partial charge in [-0.15, -0.1) is 11.8 Å². The summed E-state index contributed by atoms with van der Waals surface area (Å²) in [6.07, 6.45) is 7.70. The van der Waals surface area contributed by atoms with Crippen LogP contribution < -0.4 is 5.32 Å². The summed E-state index contributed by atoms with van der Waals surface area (Å²) in [5.74, 6) is 1.40. The molecule has 4 rings (SSSR count). The van der Waals surface area contributed by atoms with E-state index in [-0.39, 0.29) is 0 Å². The second-order valence-corrected chi connectivity index (χ2v) is 11.9. The molecule has 1 heterocycles. The highest BCUT2D eigenvalue weighted by Crippen LogP contribution is 2.36. The molecule has 0 radical (unpaired) electrons. The molecule has 2 aliphatic rings. The number of rotatable bonds is 6. The average molecular weight is 464 g/mol. The van der Waals surface area contributed by atoms with E-state index < -0.39 is 9.84 Å². The highest BCUT2D eigenvalue weighted by atomic mass is 35.5. The van der Waals surface area contributed by atoms with Gasteiger partial charge in [0.25, 0.3) is 0 Å². The Morgan fingerprint density at radius 2 is 1.70 bits per heavy atom. The zero-order valence-electron chi connectivity index (χ0n) is 17.3. The molecule has 0 bridgehead atoms. The third kappa shape index (κ3) is 5.42. The van der Waals surface area contributed by atoms with Crippen LogP contribution in [-0.2, 0) is 28.4 Å². The van der Waals surface area contributed by atoms with Crippen LogP contribution >= 0.6 is 23.4 Å². The summed E-state index contributed by atoms with van der Waals surface area (Å²) in [5.41, 5.74) is 3.87. The fourth-order valence-corrected chi connectivity index (χ4v) is 7.73. The van der Waals surface area contributed by atoms with Crippen molar-refractivity contribution in [1.29, 1.82) is 0 Å². The molecule has 162 valence electrons. The van der Waals surface area contributed by atoms with Crippen molar-refractivity contribution in [2.75, 3.05) is 18.8 Å². The molecule has 1 N–H and O–H groups in total. The van der Waals surface area contributed by atoms with E-state index in [0.717, 1.165) is 68.0 Å². The van der Waals surface area contributed by atoms with Gasteiger partial charge in [-0.3, -0.25) is 0 Å². The van der Waals surface area contributed by atoms with Crippen LogP contribution in [-0.4, -0.2) is 27.3 Å². The fraction of sp³-hybridized carbons (Fsp3) is 0.500. The van der Waals surface area contributed by atoms with Crippen LogP contribution in [0.15, 0.2) is 46.2 Å². The first-order chi connectivity index (χ1) is 14.5. The minimum atomic E-state index is -3.20. The van der Waals surface area contributed by atoms with Gasteiger partial charge < -0.3 is 5.32 Å². The third-order valence-corrected chi connectivity index (χ3v) is 9.84. The number of fused-ring (bicyclic) bond motifs is 1. The summed E-state index contributed by atoms with van der Waals surface area (Å²) < 4.78 is 25.6. The van der Waals surface area contributed by atoms with Crippen molar-refractivity contribution in [1.82, 2.24) is 5.32 Å². The summed E-state index contributed by atoms with van der Waals surface area (Å²) >= 11 is 8.29. The van der Waals surface area contributed by atoms with Gasteiger partial charge in [0.2, 0.25) is 0 Å². The first-order valence-electron chi connectivity index (χ1n) is 11.0. The molecule has 30 heavy (non-hydrogen) atoms. The Morgan fingerprint density at radius 1 is 0.967 bits per heavy atom. The maximum absolute atomic E-state index is 12.8. The standard InChI is InChI=1S/C24H30ClNO2S2/c25-23-11-8-20-12-14-26-15-13-22(20)24(23)29-16-18-6-9-21(10-7-18)30(27,28)17-19-4-2-1-3-5-19/h6-11,19,26H,1-5,12-17H2. The van der Waals surface area contributed by atoms with E-state index in [1.807, 2.05) is 18.2 Å². The Bertz CT molecular complexity index is 967. The Labute approximate surface area is 189 Å². The van der Waals surface area contributed by atoms with Crippen LogP contribution in [0.3, 0.4) is 0 Å². The zero-order valence-corrected chi connectivity index (χ0v) is 19.7. The van der Waals surface area contributed by atoms with Gasteiger partial charge >= 0.3 is 0 Å². The number of nitrogens with one attached hydrogen (secondary N) is 1. The van der Waals surface area contributed by atoms with Crippen LogP contribution in [0.1, 0.15) is 48.8 Å². The Balaban J connectivity index is 1.43. The van der Waals surface area contributed by atoms with E-state index in [2.05, 4.69) is 11.4 Å². The lowest BCUT2D eigenvalue weighted by atomic mass is 9.91. The SMILES string of the molecule is O=S(=O)(CC1CCCCC1)c1ccc(CSc2c(Cl)ccc3c2CCNCC3)cc1. The minimum absolute atomic E-state index is 0.293. The Kier molecular flexibility index (Phi) is 7.45. The van der Waals surface area contributed by atoms with Gasteiger partial charge in [-0.2, -0.15) is 0 Å². The molecule has 0 amide bonds. The maximum atomic E-state index is 12.8. The van der Waals surface area contributed by atoms with Crippen molar-refractivity contribution in [3.8, 4) is 0 Å². The lowest BCUT2D eigenvalue weighted by molar-refractivity contribution is 0.385. The molecule has 3 nitrogen and oxygen atoms in total. The molecule has 0 saturated heterocycles. The monoisotopic (exact) mass is 463 g/mol. The van der Waals surface area contributed by atoms with E-state index >= 15 is 0 Å². The summed E-state index contributed by atoms with van der Waals surface area (Å²) in [6.45, 7) is 1.99. The molecule has 1 fully saturated rings. The molecule has 0 atom stereocenters. The zero-order chi connectivity index (χ0) is 21.0. The van der Waals surface area contributed by atoms with Gasteiger partial charge in [-0.25, -0.2) is 8.42 Å². The number of hydrogen-bond donors (Lipinski definition) is 1. The molecule has 6 heteroatoms. The van der Waals surface area contributed by atoms with Gasteiger partial charge in [0.05, 0.1) is 15.7 Å². The van der Waals surface area contributed by atoms with Crippen LogP contribution in [0.2, 0.25) is 5.02 Å². The molecule has 0 spiro atoms. The van der Waals surface area contributed by atoms with E-state index in [9.17, 15) is 8.42 Å². The predicted molar refractivity (Wildman–Crippen MR) is 126 cm³/mol. The average Bonchev–Trinajstić information content (AvgIpc) is 2.99. The van der Waals surface area contributed by atoms with E-state index in [0.29, 0.717) is 16.6 Å². The summed E-state index contributed by atoms with van der Waals surface area (Å²) in [7, 11) is -3.20. The van der Waals surface area contributed by atoms with Gasteiger partial charge in [0, 0.05) is 10.6 Å².